The standard InChI is InChI=1S/C28H28Cl2N2O8/c1-35-18-12-19-14-20(13-18)37-11-9-32-27(34)17-39-25-7-3-6-24(38-16-26(33)31-8-10-36-19)28(25)40-15-21-22(29)4-2-5-23(21)30/h2-7,12-14H,8-11,15-17H2,1H3,(H,31,33)(H,32,34). The van der Waals surface area contributed by atoms with Gasteiger partial charge >= 0.3 is 0 Å². The smallest absolute Gasteiger partial charge is 0.258 e. The van der Waals surface area contributed by atoms with Gasteiger partial charge in [-0.1, -0.05) is 35.3 Å². The number of carbonyl (C=O) groups excluding carboxylic acids is 2. The molecular formula is C28H28Cl2N2O8. The summed E-state index contributed by atoms with van der Waals surface area (Å²) in [6.45, 7) is 0.259. The monoisotopic (exact) mass is 590 g/mol. The minimum Gasteiger partial charge on any atom is -0.496 e. The Bertz CT molecular complexity index is 1250. The van der Waals surface area contributed by atoms with E-state index in [0.717, 1.165) is 0 Å². The number of benzene rings is 3. The Balaban J connectivity index is 1.50. The summed E-state index contributed by atoms with van der Waals surface area (Å²) in [6, 6.07) is 15.1. The van der Waals surface area contributed by atoms with Gasteiger partial charge in [0.05, 0.1) is 20.2 Å². The number of carbonyl (C=O) groups is 2. The Morgan fingerprint density at radius 2 is 1.30 bits per heavy atom. The molecule has 0 atom stereocenters. The number of methoxy groups -OCH3 is 1. The van der Waals surface area contributed by atoms with Crippen LogP contribution in [0.1, 0.15) is 5.56 Å². The molecule has 0 radical (unpaired) electrons. The van der Waals surface area contributed by atoms with Crippen LogP contribution < -0.4 is 39.1 Å². The van der Waals surface area contributed by atoms with Gasteiger partial charge in [0.2, 0.25) is 5.75 Å². The Hall–Kier alpha value is -4.02. The van der Waals surface area contributed by atoms with Crippen molar-refractivity contribution < 1.29 is 38.0 Å². The average Bonchev–Trinajstić information content (AvgIpc) is 2.95. The first-order valence-electron chi connectivity index (χ1n) is 12.4. The highest BCUT2D eigenvalue weighted by atomic mass is 35.5. The lowest BCUT2D eigenvalue weighted by Crippen LogP contribution is -2.32. The fourth-order valence-corrected chi connectivity index (χ4v) is 4.12. The van der Waals surface area contributed by atoms with E-state index < -0.39 is 0 Å². The summed E-state index contributed by atoms with van der Waals surface area (Å²) in [5.74, 6) is 1.45. The van der Waals surface area contributed by atoms with Crippen molar-refractivity contribution in [3.8, 4) is 34.5 Å². The molecule has 0 fully saturated rings. The zero-order valence-corrected chi connectivity index (χ0v) is 23.2. The zero-order chi connectivity index (χ0) is 28.3. The minimum absolute atomic E-state index is 0.00670. The van der Waals surface area contributed by atoms with E-state index >= 15 is 0 Å². The molecule has 10 nitrogen and oxygen atoms in total. The highest BCUT2D eigenvalue weighted by molar-refractivity contribution is 6.35. The average molecular weight is 591 g/mol. The number of nitrogens with one attached hydrogen (secondary N) is 2. The molecule has 0 saturated heterocycles. The van der Waals surface area contributed by atoms with Crippen LogP contribution in [0.3, 0.4) is 0 Å². The van der Waals surface area contributed by atoms with Crippen LogP contribution in [-0.2, 0) is 16.2 Å². The Morgan fingerprint density at radius 3 is 1.82 bits per heavy atom. The van der Waals surface area contributed by atoms with Crippen LogP contribution in [0, 0.1) is 0 Å². The van der Waals surface area contributed by atoms with Crippen LogP contribution in [-0.4, -0.2) is 58.4 Å². The van der Waals surface area contributed by atoms with Crippen molar-refractivity contribution in [2.45, 2.75) is 6.61 Å². The first-order chi connectivity index (χ1) is 19.4. The van der Waals surface area contributed by atoms with Gasteiger partial charge < -0.3 is 39.1 Å². The molecule has 1 aliphatic heterocycles. The van der Waals surface area contributed by atoms with Crippen molar-refractivity contribution in [1.29, 1.82) is 0 Å². The molecule has 1 heterocycles. The van der Waals surface area contributed by atoms with Crippen LogP contribution in [0.4, 0.5) is 0 Å². The van der Waals surface area contributed by atoms with E-state index in [1.54, 1.807) is 54.6 Å². The summed E-state index contributed by atoms with van der Waals surface area (Å²) in [5.41, 5.74) is 0.561. The quantitative estimate of drug-likeness (QED) is 0.468. The topological polar surface area (TPSA) is 114 Å². The summed E-state index contributed by atoms with van der Waals surface area (Å²) < 4.78 is 34.3. The van der Waals surface area contributed by atoms with Gasteiger partial charge in [0.15, 0.2) is 24.7 Å². The lowest BCUT2D eigenvalue weighted by Gasteiger charge is -2.18. The van der Waals surface area contributed by atoms with E-state index in [9.17, 15) is 9.59 Å². The number of halogens is 2. The molecule has 2 amide bonds. The number of rotatable bonds is 4. The van der Waals surface area contributed by atoms with Crippen molar-refractivity contribution in [2.24, 2.45) is 0 Å². The van der Waals surface area contributed by atoms with Crippen molar-refractivity contribution in [2.75, 3.05) is 46.6 Å². The number of ether oxygens (including phenoxy) is 6. The van der Waals surface area contributed by atoms with Crippen molar-refractivity contribution in [1.82, 2.24) is 10.6 Å². The highest BCUT2D eigenvalue weighted by Gasteiger charge is 2.17. The predicted molar refractivity (Wildman–Crippen MR) is 148 cm³/mol. The van der Waals surface area contributed by atoms with Gasteiger partial charge in [0.25, 0.3) is 11.8 Å². The second-order valence-electron chi connectivity index (χ2n) is 8.39. The molecule has 3 aromatic carbocycles. The van der Waals surface area contributed by atoms with Gasteiger partial charge in [-0.15, -0.1) is 0 Å². The predicted octanol–water partition coefficient (Wildman–Crippen LogP) is 4.04. The van der Waals surface area contributed by atoms with E-state index in [1.807, 2.05) is 0 Å². The fraction of sp³-hybridized carbons (Fsp3) is 0.286. The number of hydrogen-bond donors (Lipinski definition) is 2. The van der Waals surface area contributed by atoms with Crippen molar-refractivity contribution in [3.63, 3.8) is 0 Å². The molecule has 4 rings (SSSR count). The third-order valence-corrected chi connectivity index (χ3v) is 6.27. The van der Waals surface area contributed by atoms with E-state index in [-0.39, 0.29) is 75.2 Å². The van der Waals surface area contributed by atoms with Crippen molar-refractivity contribution in [3.05, 3.63) is 70.2 Å². The van der Waals surface area contributed by atoms with Gasteiger partial charge in [-0.25, -0.2) is 0 Å². The SMILES string of the molecule is COc1cc2cc(c1)OCCNC(=O)COc1cccc(c1OCc1c(Cl)cccc1Cl)OCC(=O)NCCO2. The first-order valence-corrected chi connectivity index (χ1v) is 13.1. The van der Waals surface area contributed by atoms with Crippen LogP contribution >= 0.6 is 23.2 Å². The third kappa shape index (κ3) is 8.24. The summed E-state index contributed by atoms with van der Waals surface area (Å²) in [6.07, 6.45) is 0. The molecular weight excluding hydrogens is 563 g/mol. The lowest BCUT2D eigenvalue weighted by atomic mass is 10.2. The molecule has 0 aromatic heterocycles. The van der Waals surface area contributed by atoms with Crippen LogP contribution in [0.2, 0.25) is 10.0 Å². The Kier molecular flexibility index (Phi) is 10.4. The van der Waals surface area contributed by atoms with E-state index in [2.05, 4.69) is 10.6 Å². The van der Waals surface area contributed by atoms with Crippen LogP contribution in [0.25, 0.3) is 0 Å². The largest absolute Gasteiger partial charge is 0.496 e. The van der Waals surface area contributed by atoms with E-state index in [4.69, 9.17) is 51.6 Å². The molecule has 40 heavy (non-hydrogen) atoms. The highest BCUT2D eigenvalue weighted by Crippen LogP contribution is 2.39. The van der Waals surface area contributed by atoms with Crippen molar-refractivity contribution >= 4 is 35.0 Å². The molecule has 3 aromatic rings. The van der Waals surface area contributed by atoms with E-state index in [1.165, 1.54) is 7.11 Å². The summed E-state index contributed by atoms with van der Waals surface area (Å²) >= 11 is 12.6. The number of amides is 2. The molecule has 2 N–H and O–H groups in total. The Morgan fingerprint density at radius 1 is 0.775 bits per heavy atom. The maximum absolute atomic E-state index is 12.5. The van der Waals surface area contributed by atoms with Gasteiger partial charge in [-0.2, -0.15) is 0 Å². The first kappa shape index (κ1) is 29.0. The van der Waals surface area contributed by atoms with Crippen LogP contribution in [0.5, 0.6) is 34.5 Å². The van der Waals surface area contributed by atoms with Crippen LogP contribution in [0.15, 0.2) is 54.6 Å². The van der Waals surface area contributed by atoms with Gasteiger partial charge in [0.1, 0.15) is 37.1 Å². The van der Waals surface area contributed by atoms with E-state index in [0.29, 0.717) is 32.9 Å². The van der Waals surface area contributed by atoms with Gasteiger partial charge in [-0.05, 0) is 24.3 Å². The molecule has 1 aliphatic rings. The minimum atomic E-state index is -0.376. The lowest BCUT2D eigenvalue weighted by molar-refractivity contribution is -0.123. The zero-order valence-electron chi connectivity index (χ0n) is 21.7. The summed E-state index contributed by atoms with van der Waals surface area (Å²) in [4.78, 5) is 24.9. The van der Waals surface area contributed by atoms with Gasteiger partial charge in [-0.3, -0.25) is 9.59 Å². The number of hydrogen-bond acceptors (Lipinski definition) is 8. The second-order valence-corrected chi connectivity index (χ2v) is 9.21. The third-order valence-electron chi connectivity index (χ3n) is 5.56. The molecule has 0 spiro atoms. The molecule has 0 unspecified atom stereocenters. The summed E-state index contributed by atoms with van der Waals surface area (Å²) in [7, 11) is 1.53. The number of para-hydroxylation sites is 1. The molecule has 4 bridgehead atoms. The molecule has 0 aliphatic carbocycles. The fourth-order valence-electron chi connectivity index (χ4n) is 3.62. The maximum atomic E-state index is 12.5. The second kappa shape index (κ2) is 14.4. The molecule has 12 heteroatoms. The van der Waals surface area contributed by atoms with Gasteiger partial charge in [0, 0.05) is 33.8 Å². The Labute approximate surface area is 241 Å². The number of fused-ring (bicyclic) bond motifs is 4. The normalized spacial score (nSPS) is 14.7. The summed E-state index contributed by atoms with van der Waals surface area (Å²) in [5, 5.41) is 6.32. The maximum Gasteiger partial charge on any atom is 0.258 e. The molecule has 0 saturated carbocycles. The molecule has 212 valence electrons.